The smallest absolute Gasteiger partial charge is 0.0992 e. The molecular formula is C18H17ClN2. The normalized spacial score (nSPS) is 18.6. The van der Waals surface area contributed by atoms with E-state index >= 15 is 0 Å². The van der Waals surface area contributed by atoms with E-state index in [0.717, 1.165) is 25.2 Å². The van der Waals surface area contributed by atoms with Gasteiger partial charge in [0, 0.05) is 18.1 Å². The third-order valence-electron chi connectivity index (χ3n) is 4.12. The lowest BCUT2D eigenvalue weighted by molar-refractivity contribution is 0.327. The summed E-state index contributed by atoms with van der Waals surface area (Å²) in [6.45, 7) is 3.02. The fourth-order valence-electron chi connectivity index (χ4n) is 2.96. The van der Waals surface area contributed by atoms with Gasteiger partial charge in [0.05, 0.1) is 11.6 Å². The van der Waals surface area contributed by atoms with Crippen molar-refractivity contribution in [1.29, 1.82) is 5.26 Å². The van der Waals surface area contributed by atoms with Gasteiger partial charge in [-0.15, -0.1) is 0 Å². The van der Waals surface area contributed by atoms with Gasteiger partial charge < -0.3 is 0 Å². The molecule has 1 heterocycles. The summed E-state index contributed by atoms with van der Waals surface area (Å²) in [6.07, 6.45) is 1.19. The van der Waals surface area contributed by atoms with Crippen LogP contribution in [0, 0.1) is 11.3 Å². The zero-order valence-corrected chi connectivity index (χ0v) is 12.6. The predicted molar refractivity (Wildman–Crippen MR) is 85.2 cm³/mol. The second kappa shape index (κ2) is 6.30. The fraction of sp³-hybridized carbons (Fsp3) is 0.278. The van der Waals surface area contributed by atoms with Crippen LogP contribution in [0.4, 0.5) is 0 Å². The highest BCUT2D eigenvalue weighted by Gasteiger charge is 2.24. The van der Waals surface area contributed by atoms with Crippen molar-refractivity contribution >= 4 is 11.6 Å². The second-order valence-electron chi connectivity index (χ2n) is 5.55. The summed E-state index contributed by atoms with van der Waals surface area (Å²) < 4.78 is 0. The van der Waals surface area contributed by atoms with E-state index in [1.807, 2.05) is 12.1 Å². The lowest BCUT2D eigenvalue weighted by Gasteiger charge is -2.17. The molecule has 1 unspecified atom stereocenters. The molecule has 21 heavy (non-hydrogen) atoms. The van der Waals surface area contributed by atoms with Gasteiger partial charge in [0.1, 0.15) is 0 Å². The number of benzene rings is 2. The minimum Gasteiger partial charge on any atom is -0.298 e. The molecule has 0 radical (unpaired) electrons. The molecule has 2 nitrogen and oxygen atoms in total. The number of halogens is 1. The molecule has 1 aliphatic rings. The summed E-state index contributed by atoms with van der Waals surface area (Å²) in [6, 6.07) is 18.4. The highest BCUT2D eigenvalue weighted by molar-refractivity contribution is 6.31. The van der Waals surface area contributed by atoms with E-state index in [1.54, 1.807) is 6.07 Å². The zero-order chi connectivity index (χ0) is 14.7. The van der Waals surface area contributed by atoms with Gasteiger partial charge in [-0.25, -0.2) is 0 Å². The average Bonchev–Trinajstić information content (AvgIpc) is 2.99. The Kier molecular flexibility index (Phi) is 4.24. The first kappa shape index (κ1) is 14.1. The Morgan fingerprint density at radius 2 is 2.00 bits per heavy atom. The Morgan fingerprint density at radius 3 is 2.71 bits per heavy atom. The standard InChI is InChI=1S/C18H17ClN2/c19-18-10-14(11-20)6-7-17(18)13-21-9-8-16(12-21)15-4-2-1-3-5-15/h1-7,10,16H,8-9,12-13H2. The molecule has 3 heteroatoms. The molecule has 3 rings (SSSR count). The SMILES string of the molecule is N#Cc1ccc(CN2CCC(c3ccccc3)C2)c(Cl)c1. The molecule has 1 aliphatic heterocycles. The number of nitrogens with zero attached hydrogens (tertiary/aromatic N) is 2. The number of rotatable bonds is 3. The third kappa shape index (κ3) is 3.26. The molecule has 0 bridgehead atoms. The monoisotopic (exact) mass is 296 g/mol. The van der Waals surface area contributed by atoms with Crippen LogP contribution in [0.15, 0.2) is 48.5 Å². The van der Waals surface area contributed by atoms with E-state index in [-0.39, 0.29) is 0 Å². The van der Waals surface area contributed by atoms with E-state index in [2.05, 4.69) is 41.3 Å². The Bertz CT molecular complexity index is 661. The summed E-state index contributed by atoms with van der Waals surface area (Å²) in [5.74, 6) is 0.614. The van der Waals surface area contributed by atoms with Gasteiger partial charge in [0.15, 0.2) is 0 Å². The number of hydrogen-bond acceptors (Lipinski definition) is 2. The highest BCUT2D eigenvalue weighted by Crippen LogP contribution is 2.29. The lowest BCUT2D eigenvalue weighted by atomic mass is 9.99. The fourth-order valence-corrected chi connectivity index (χ4v) is 3.20. The first-order chi connectivity index (χ1) is 10.3. The van der Waals surface area contributed by atoms with Crippen LogP contribution in [0.3, 0.4) is 0 Å². The molecule has 1 atom stereocenters. The summed E-state index contributed by atoms with van der Waals surface area (Å²) in [7, 11) is 0. The molecule has 0 saturated carbocycles. The molecule has 1 fully saturated rings. The topological polar surface area (TPSA) is 27.0 Å². The van der Waals surface area contributed by atoms with E-state index in [4.69, 9.17) is 16.9 Å². The summed E-state index contributed by atoms with van der Waals surface area (Å²) in [5, 5.41) is 9.57. The molecule has 0 spiro atoms. The number of nitriles is 1. The predicted octanol–water partition coefficient (Wildman–Crippen LogP) is 4.20. The minimum absolute atomic E-state index is 0.614. The Hall–Kier alpha value is -1.82. The molecule has 2 aromatic carbocycles. The van der Waals surface area contributed by atoms with Crippen LogP contribution in [0.1, 0.15) is 29.0 Å². The van der Waals surface area contributed by atoms with Crippen molar-refractivity contribution in [3.63, 3.8) is 0 Å². The molecule has 0 aromatic heterocycles. The van der Waals surface area contributed by atoms with Crippen LogP contribution in [0.5, 0.6) is 0 Å². The lowest BCUT2D eigenvalue weighted by Crippen LogP contribution is -2.20. The van der Waals surface area contributed by atoms with Crippen molar-refractivity contribution in [2.24, 2.45) is 0 Å². The van der Waals surface area contributed by atoms with Gasteiger partial charge in [-0.1, -0.05) is 48.0 Å². The maximum absolute atomic E-state index is 8.88. The average molecular weight is 297 g/mol. The number of hydrogen-bond donors (Lipinski definition) is 0. The van der Waals surface area contributed by atoms with Crippen LogP contribution < -0.4 is 0 Å². The quantitative estimate of drug-likeness (QED) is 0.849. The van der Waals surface area contributed by atoms with Gasteiger partial charge in [0.2, 0.25) is 0 Å². The summed E-state index contributed by atoms with van der Waals surface area (Å²) >= 11 is 6.26. The zero-order valence-electron chi connectivity index (χ0n) is 11.8. The van der Waals surface area contributed by atoms with Crippen LogP contribution in [-0.2, 0) is 6.54 Å². The molecule has 2 aromatic rings. The van der Waals surface area contributed by atoms with E-state index < -0.39 is 0 Å². The Morgan fingerprint density at radius 1 is 1.19 bits per heavy atom. The van der Waals surface area contributed by atoms with Gasteiger partial charge in [0.25, 0.3) is 0 Å². The highest BCUT2D eigenvalue weighted by atomic mass is 35.5. The maximum Gasteiger partial charge on any atom is 0.0992 e. The summed E-state index contributed by atoms with van der Waals surface area (Å²) in [4.78, 5) is 2.44. The Labute approximate surface area is 130 Å². The molecule has 1 saturated heterocycles. The molecule has 0 aliphatic carbocycles. The van der Waals surface area contributed by atoms with Crippen LogP contribution in [-0.4, -0.2) is 18.0 Å². The minimum atomic E-state index is 0.614. The molecule has 106 valence electrons. The van der Waals surface area contributed by atoms with Gasteiger partial charge in [-0.3, -0.25) is 4.90 Å². The van der Waals surface area contributed by atoms with Gasteiger partial charge in [-0.2, -0.15) is 5.26 Å². The van der Waals surface area contributed by atoms with Crippen molar-refractivity contribution in [3.8, 4) is 6.07 Å². The summed E-state index contributed by atoms with van der Waals surface area (Å²) in [5.41, 5.74) is 3.14. The van der Waals surface area contributed by atoms with Crippen molar-refractivity contribution in [1.82, 2.24) is 4.90 Å². The van der Waals surface area contributed by atoms with E-state index in [0.29, 0.717) is 16.5 Å². The third-order valence-corrected chi connectivity index (χ3v) is 4.47. The largest absolute Gasteiger partial charge is 0.298 e. The Balaban J connectivity index is 1.66. The van der Waals surface area contributed by atoms with Crippen molar-refractivity contribution in [2.45, 2.75) is 18.9 Å². The first-order valence-corrected chi connectivity index (χ1v) is 7.60. The van der Waals surface area contributed by atoms with E-state index in [9.17, 15) is 0 Å². The number of likely N-dealkylation sites (tertiary alicyclic amines) is 1. The van der Waals surface area contributed by atoms with Crippen LogP contribution >= 0.6 is 11.6 Å². The second-order valence-corrected chi connectivity index (χ2v) is 5.96. The van der Waals surface area contributed by atoms with Crippen molar-refractivity contribution < 1.29 is 0 Å². The molecule has 0 N–H and O–H groups in total. The van der Waals surface area contributed by atoms with Gasteiger partial charge in [-0.05, 0) is 42.1 Å². The van der Waals surface area contributed by atoms with Crippen molar-refractivity contribution in [2.75, 3.05) is 13.1 Å². The molecule has 0 amide bonds. The molecular weight excluding hydrogens is 280 g/mol. The first-order valence-electron chi connectivity index (χ1n) is 7.22. The van der Waals surface area contributed by atoms with Crippen molar-refractivity contribution in [3.05, 3.63) is 70.2 Å². The maximum atomic E-state index is 8.88. The van der Waals surface area contributed by atoms with Crippen LogP contribution in [0.2, 0.25) is 5.02 Å². The van der Waals surface area contributed by atoms with Gasteiger partial charge >= 0.3 is 0 Å². The van der Waals surface area contributed by atoms with Crippen LogP contribution in [0.25, 0.3) is 0 Å². The van der Waals surface area contributed by atoms with E-state index in [1.165, 1.54) is 12.0 Å².